The van der Waals surface area contributed by atoms with Gasteiger partial charge in [-0.05, 0) is 41.5 Å². The van der Waals surface area contributed by atoms with Crippen molar-refractivity contribution in [2.75, 3.05) is 7.11 Å². The molecular weight excluding hydrogens is 410 g/mol. The number of methoxy groups -OCH3 is 1. The lowest BCUT2D eigenvalue weighted by Crippen LogP contribution is -2.23. The van der Waals surface area contributed by atoms with E-state index in [9.17, 15) is 4.79 Å². The van der Waals surface area contributed by atoms with Gasteiger partial charge in [-0.1, -0.05) is 54.1 Å². The highest BCUT2D eigenvalue weighted by Crippen LogP contribution is 2.26. The Morgan fingerprint density at radius 2 is 1.71 bits per heavy atom. The maximum atomic E-state index is 13.6. The van der Waals surface area contributed by atoms with E-state index >= 15 is 0 Å². The highest BCUT2D eigenvalue weighted by molar-refractivity contribution is 6.30. The molecule has 2 aromatic heterocycles. The molecular formula is C25H20ClN3O2. The molecule has 2 heterocycles. The van der Waals surface area contributed by atoms with Gasteiger partial charge < -0.3 is 9.30 Å². The van der Waals surface area contributed by atoms with Gasteiger partial charge in [0.1, 0.15) is 16.8 Å². The number of ether oxygens (including phenoxy) is 1. The summed E-state index contributed by atoms with van der Waals surface area (Å²) in [6, 6.07) is 23.4. The summed E-state index contributed by atoms with van der Waals surface area (Å²) in [6.07, 6.45) is 1.63. The minimum Gasteiger partial charge on any atom is -0.497 e. The maximum Gasteiger partial charge on any atom is 0.278 e. The van der Waals surface area contributed by atoms with Gasteiger partial charge in [-0.15, -0.1) is 0 Å². The van der Waals surface area contributed by atoms with E-state index in [4.69, 9.17) is 16.3 Å². The molecule has 154 valence electrons. The summed E-state index contributed by atoms with van der Waals surface area (Å²) in [5.74, 6) is 0.759. The molecule has 0 aliphatic rings. The molecule has 0 N–H and O–H groups in total. The highest BCUT2D eigenvalue weighted by Gasteiger charge is 2.17. The Morgan fingerprint density at radius 1 is 0.935 bits per heavy atom. The number of nitrogens with zero attached hydrogens (tertiary/aromatic N) is 3. The van der Waals surface area contributed by atoms with Gasteiger partial charge in [0.2, 0.25) is 0 Å². The predicted molar refractivity (Wildman–Crippen MR) is 124 cm³/mol. The average Bonchev–Trinajstić information content (AvgIpc) is 3.10. The van der Waals surface area contributed by atoms with E-state index in [2.05, 4.69) is 4.98 Å². The third-order valence-corrected chi connectivity index (χ3v) is 5.69. The van der Waals surface area contributed by atoms with Crippen LogP contribution in [0.1, 0.15) is 11.1 Å². The number of hydrogen-bond donors (Lipinski definition) is 0. The fourth-order valence-electron chi connectivity index (χ4n) is 4.01. The Balaban J connectivity index is 1.68. The second-order valence-electron chi connectivity index (χ2n) is 7.46. The van der Waals surface area contributed by atoms with Gasteiger partial charge in [0.25, 0.3) is 5.56 Å². The van der Waals surface area contributed by atoms with Crippen LogP contribution >= 0.6 is 11.6 Å². The molecule has 0 bridgehead atoms. The molecule has 3 aromatic carbocycles. The monoisotopic (exact) mass is 429 g/mol. The first-order valence-corrected chi connectivity index (χ1v) is 10.4. The second kappa shape index (κ2) is 7.93. The number of benzene rings is 3. The molecule has 0 unspecified atom stereocenters. The molecule has 0 aliphatic carbocycles. The number of fused-ring (bicyclic) bond motifs is 3. The van der Waals surface area contributed by atoms with Crippen molar-refractivity contribution in [3.05, 3.63) is 106 Å². The van der Waals surface area contributed by atoms with Crippen LogP contribution in [-0.2, 0) is 13.1 Å². The van der Waals surface area contributed by atoms with Crippen LogP contribution < -0.4 is 10.3 Å². The van der Waals surface area contributed by atoms with Crippen molar-refractivity contribution < 1.29 is 4.74 Å². The van der Waals surface area contributed by atoms with Gasteiger partial charge in [0.15, 0.2) is 0 Å². The van der Waals surface area contributed by atoms with E-state index in [1.54, 1.807) is 18.0 Å². The first-order valence-electron chi connectivity index (χ1n) is 9.98. The van der Waals surface area contributed by atoms with Crippen LogP contribution in [0.4, 0.5) is 0 Å². The molecule has 0 radical (unpaired) electrons. The summed E-state index contributed by atoms with van der Waals surface area (Å²) in [4.78, 5) is 18.3. The molecule has 5 nitrogen and oxygen atoms in total. The summed E-state index contributed by atoms with van der Waals surface area (Å²) >= 11 is 6.20. The largest absolute Gasteiger partial charge is 0.497 e. The Morgan fingerprint density at radius 3 is 2.52 bits per heavy atom. The normalized spacial score (nSPS) is 11.3. The third kappa shape index (κ3) is 3.57. The van der Waals surface area contributed by atoms with E-state index in [1.807, 2.05) is 77.4 Å². The molecule has 0 saturated heterocycles. The molecule has 6 heteroatoms. The lowest BCUT2D eigenvalue weighted by atomic mass is 10.2. The SMILES string of the molecule is COc1cccc(Cn2cnc3c4ccccc4n(Cc4cccc(Cl)c4)c3c2=O)c1. The predicted octanol–water partition coefficient (Wildman–Crippen LogP) is 5.11. The van der Waals surface area contributed by atoms with E-state index in [0.717, 1.165) is 27.8 Å². The fourth-order valence-corrected chi connectivity index (χ4v) is 4.22. The van der Waals surface area contributed by atoms with E-state index < -0.39 is 0 Å². The Labute approximate surface area is 184 Å². The fraction of sp³-hybridized carbons (Fsp3) is 0.120. The molecule has 0 amide bonds. The summed E-state index contributed by atoms with van der Waals surface area (Å²) in [5.41, 5.74) is 4.20. The summed E-state index contributed by atoms with van der Waals surface area (Å²) in [6.45, 7) is 0.947. The van der Waals surface area contributed by atoms with Crippen LogP contribution in [-0.4, -0.2) is 21.2 Å². The van der Waals surface area contributed by atoms with Crippen LogP contribution in [0.25, 0.3) is 21.9 Å². The van der Waals surface area contributed by atoms with Gasteiger partial charge in [-0.3, -0.25) is 9.36 Å². The van der Waals surface area contributed by atoms with Gasteiger partial charge >= 0.3 is 0 Å². The lowest BCUT2D eigenvalue weighted by Gasteiger charge is -2.10. The Kier molecular flexibility index (Phi) is 4.96. The summed E-state index contributed by atoms with van der Waals surface area (Å²) in [7, 11) is 1.63. The van der Waals surface area contributed by atoms with Crippen LogP contribution in [0, 0.1) is 0 Å². The number of hydrogen-bond acceptors (Lipinski definition) is 3. The molecule has 0 saturated carbocycles. The molecule has 0 spiro atoms. The highest BCUT2D eigenvalue weighted by atomic mass is 35.5. The summed E-state index contributed by atoms with van der Waals surface area (Å²) < 4.78 is 8.99. The first-order chi connectivity index (χ1) is 15.1. The zero-order valence-electron chi connectivity index (χ0n) is 17.0. The smallest absolute Gasteiger partial charge is 0.278 e. The number of rotatable bonds is 5. The number of aromatic nitrogens is 3. The van der Waals surface area contributed by atoms with Gasteiger partial charge in [-0.2, -0.15) is 0 Å². The van der Waals surface area contributed by atoms with Crippen LogP contribution in [0.5, 0.6) is 5.75 Å². The number of halogens is 1. The Bertz CT molecular complexity index is 1470. The standard InChI is InChI=1S/C25H20ClN3O2/c1-31-20-9-5-7-18(13-20)14-28-16-27-23-21-10-2-3-11-22(21)29(24(23)25(28)30)15-17-6-4-8-19(26)12-17/h2-13,16H,14-15H2,1H3. The molecule has 0 aliphatic heterocycles. The molecule has 0 fully saturated rings. The molecule has 5 rings (SSSR count). The zero-order valence-corrected chi connectivity index (χ0v) is 17.7. The van der Waals surface area contributed by atoms with Crippen molar-refractivity contribution in [2.45, 2.75) is 13.1 Å². The van der Waals surface area contributed by atoms with Gasteiger partial charge in [0, 0.05) is 17.0 Å². The second-order valence-corrected chi connectivity index (χ2v) is 7.90. The van der Waals surface area contributed by atoms with Crippen molar-refractivity contribution in [1.82, 2.24) is 14.1 Å². The van der Waals surface area contributed by atoms with E-state index in [0.29, 0.717) is 29.1 Å². The first kappa shape index (κ1) is 19.4. The third-order valence-electron chi connectivity index (χ3n) is 5.45. The maximum absolute atomic E-state index is 13.6. The van der Waals surface area contributed by atoms with Crippen molar-refractivity contribution in [3.8, 4) is 5.75 Å². The molecule has 0 atom stereocenters. The van der Waals surface area contributed by atoms with Crippen molar-refractivity contribution in [1.29, 1.82) is 0 Å². The Hall–Kier alpha value is -3.57. The van der Waals surface area contributed by atoms with Crippen LogP contribution in [0.15, 0.2) is 83.9 Å². The molecule has 31 heavy (non-hydrogen) atoms. The van der Waals surface area contributed by atoms with Crippen LogP contribution in [0.3, 0.4) is 0 Å². The van der Waals surface area contributed by atoms with Gasteiger partial charge in [-0.25, -0.2) is 4.98 Å². The topological polar surface area (TPSA) is 49.0 Å². The summed E-state index contributed by atoms with van der Waals surface area (Å²) in [5, 5.41) is 1.64. The van der Waals surface area contributed by atoms with Gasteiger partial charge in [0.05, 0.1) is 25.5 Å². The van der Waals surface area contributed by atoms with Crippen molar-refractivity contribution in [3.63, 3.8) is 0 Å². The average molecular weight is 430 g/mol. The van der Waals surface area contributed by atoms with Crippen molar-refractivity contribution >= 4 is 33.5 Å². The zero-order chi connectivity index (χ0) is 21.4. The van der Waals surface area contributed by atoms with E-state index in [1.165, 1.54) is 0 Å². The van der Waals surface area contributed by atoms with Crippen LogP contribution in [0.2, 0.25) is 5.02 Å². The number of para-hydroxylation sites is 1. The minimum atomic E-state index is -0.0777. The van der Waals surface area contributed by atoms with Crippen molar-refractivity contribution in [2.24, 2.45) is 0 Å². The quantitative estimate of drug-likeness (QED) is 0.390. The van der Waals surface area contributed by atoms with E-state index in [-0.39, 0.29) is 5.56 Å². The lowest BCUT2D eigenvalue weighted by molar-refractivity contribution is 0.414. The minimum absolute atomic E-state index is 0.0777. The molecule has 5 aromatic rings.